The van der Waals surface area contributed by atoms with Crippen LogP contribution in [0, 0.1) is 6.92 Å². The molecule has 33 heavy (non-hydrogen) atoms. The summed E-state index contributed by atoms with van der Waals surface area (Å²) in [6, 6.07) is 15.5. The first kappa shape index (κ1) is 24.0. The zero-order valence-corrected chi connectivity index (χ0v) is 19.5. The first-order valence-electron chi connectivity index (χ1n) is 10.9. The fourth-order valence-electron chi connectivity index (χ4n) is 3.41. The van der Waals surface area contributed by atoms with Crippen molar-refractivity contribution >= 4 is 17.5 Å². The number of aryl methyl sites for hydroxylation is 1. The molecule has 0 fully saturated rings. The van der Waals surface area contributed by atoms with E-state index < -0.39 is 0 Å². The Morgan fingerprint density at radius 3 is 2.61 bits per heavy atom. The van der Waals surface area contributed by atoms with E-state index in [9.17, 15) is 4.79 Å². The van der Waals surface area contributed by atoms with Crippen molar-refractivity contribution in [1.82, 2.24) is 15.3 Å². The van der Waals surface area contributed by atoms with Crippen LogP contribution in [0.15, 0.2) is 54.7 Å². The van der Waals surface area contributed by atoms with Crippen molar-refractivity contribution in [2.24, 2.45) is 0 Å². The second-order valence-electron chi connectivity index (χ2n) is 7.48. The molecule has 2 amide bonds. The molecule has 1 atom stereocenters. The molecule has 0 aliphatic rings. The van der Waals surface area contributed by atoms with Crippen molar-refractivity contribution in [2.75, 3.05) is 38.0 Å². The number of methoxy groups -OCH3 is 2. The standard InChI is InChI=1S/C25H31N5O3/c1-5-26-25(31)30-21-12-11-19(15-23(21)33-4)22-16-27-17(2)24(29-22)28-20(13-14-32-3)18-9-7-6-8-10-18/h6-12,15-16,20H,5,13-14H2,1-4H3,(H,28,29)(H2,26,30,31). The molecule has 3 rings (SSSR count). The van der Waals surface area contributed by atoms with Crippen LogP contribution in [-0.2, 0) is 4.74 Å². The van der Waals surface area contributed by atoms with E-state index in [0.717, 1.165) is 23.2 Å². The Morgan fingerprint density at radius 2 is 1.91 bits per heavy atom. The van der Waals surface area contributed by atoms with Crippen LogP contribution >= 0.6 is 0 Å². The number of anilines is 2. The number of nitrogens with one attached hydrogen (secondary N) is 3. The zero-order valence-electron chi connectivity index (χ0n) is 19.5. The van der Waals surface area contributed by atoms with Crippen LogP contribution in [0.5, 0.6) is 5.75 Å². The average Bonchev–Trinajstić information content (AvgIpc) is 2.83. The molecular formula is C25H31N5O3. The average molecular weight is 450 g/mol. The first-order chi connectivity index (χ1) is 16.0. The molecule has 0 aliphatic heterocycles. The minimum atomic E-state index is -0.284. The fourth-order valence-corrected chi connectivity index (χ4v) is 3.41. The van der Waals surface area contributed by atoms with Gasteiger partial charge in [0.25, 0.3) is 0 Å². The number of urea groups is 1. The SMILES string of the molecule is CCNC(=O)Nc1ccc(-c2cnc(C)c(NC(CCOC)c3ccccc3)n2)cc1OC. The van der Waals surface area contributed by atoms with E-state index in [4.69, 9.17) is 14.5 Å². The number of carbonyl (C=O) groups is 1. The third-order valence-electron chi connectivity index (χ3n) is 5.16. The lowest BCUT2D eigenvalue weighted by Gasteiger charge is -2.21. The highest BCUT2D eigenvalue weighted by Gasteiger charge is 2.16. The highest BCUT2D eigenvalue weighted by Crippen LogP contribution is 2.31. The third-order valence-corrected chi connectivity index (χ3v) is 5.16. The summed E-state index contributed by atoms with van der Waals surface area (Å²) in [6.07, 6.45) is 2.53. The molecule has 2 aromatic carbocycles. The van der Waals surface area contributed by atoms with Gasteiger partial charge in [0.2, 0.25) is 0 Å². The molecule has 0 radical (unpaired) electrons. The summed E-state index contributed by atoms with van der Waals surface area (Å²) in [6.45, 7) is 4.95. The van der Waals surface area contributed by atoms with Crippen LogP contribution in [0.4, 0.5) is 16.3 Å². The predicted molar refractivity (Wildman–Crippen MR) is 131 cm³/mol. The summed E-state index contributed by atoms with van der Waals surface area (Å²) in [5, 5.41) is 9.03. The zero-order chi connectivity index (χ0) is 23.6. The van der Waals surface area contributed by atoms with Crippen LogP contribution in [0.1, 0.15) is 30.6 Å². The van der Waals surface area contributed by atoms with E-state index in [2.05, 4.69) is 33.1 Å². The number of hydrogen-bond donors (Lipinski definition) is 3. The van der Waals surface area contributed by atoms with Crippen molar-refractivity contribution < 1.29 is 14.3 Å². The van der Waals surface area contributed by atoms with Gasteiger partial charge >= 0.3 is 6.03 Å². The van der Waals surface area contributed by atoms with Gasteiger partial charge in [0, 0.05) is 25.8 Å². The number of carbonyl (C=O) groups excluding carboxylic acids is 1. The van der Waals surface area contributed by atoms with Crippen LogP contribution in [-0.4, -0.2) is 43.4 Å². The molecular weight excluding hydrogens is 418 g/mol. The second-order valence-corrected chi connectivity index (χ2v) is 7.48. The molecule has 1 unspecified atom stereocenters. The van der Waals surface area contributed by atoms with Crippen molar-refractivity contribution in [3.8, 4) is 17.0 Å². The summed E-state index contributed by atoms with van der Waals surface area (Å²) in [5.74, 6) is 1.25. The topological polar surface area (TPSA) is 97.4 Å². The maximum atomic E-state index is 11.9. The molecule has 0 saturated heterocycles. The van der Waals surface area contributed by atoms with Gasteiger partial charge in [-0.05, 0) is 38.0 Å². The molecule has 3 N–H and O–H groups in total. The van der Waals surface area contributed by atoms with Crippen LogP contribution in [0.25, 0.3) is 11.3 Å². The van der Waals surface area contributed by atoms with E-state index in [1.807, 2.05) is 44.2 Å². The van der Waals surface area contributed by atoms with Gasteiger partial charge in [0.05, 0.1) is 36.4 Å². The fraction of sp³-hybridized carbons (Fsp3) is 0.320. The Kier molecular flexibility index (Phi) is 8.60. The lowest BCUT2D eigenvalue weighted by Crippen LogP contribution is -2.28. The minimum Gasteiger partial charge on any atom is -0.495 e. The van der Waals surface area contributed by atoms with Crippen molar-refractivity contribution in [3.05, 3.63) is 66.0 Å². The van der Waals surface area contributed by atoms with Gasteiger partial charge in [-0.3, -0.25) is 4.98 Å². The number of nitrogens with zero attached hydrogens (tertiary/aromatic N) is 2. The minimum absolute atomic E-state index is 0.0348. The maximum absolute atomic E-state index is 11.9. The Labute approximate surface area is 194 Å². The van der Waals surface area contributed by atoms with Crippen molar-refractivity contribution in [2.45, 2.75) is 26.3 Å². The van der Waals surface area contributed by atoms with E-state index in [0.29, 0.717) is 36.1 Å². The summed E-state index contributed by atoms with van der Waals surface area (Å²) in [7, 11) is 3.27. The van der Waals surface area contributed by atoms with Gasteiger partial charge in [-0.2, -0.15) is 0 Å². The van der Waals surface area contributed by atoms with Gasteiger partial charge in [-0.25, -0.2) is 9.78 Å². The Balaban J connectivity index is 1.88. The Bertz CT molecular complexity index is 1060. The molecule has 1 heterocycles. The molecule has 0 saturated carbocycles. The Hall–Kier alpha value is -3.65. The third kappa shape index (κ3) is 6.43. The first-order valence-corrected chi connectivity index (χ1v) is 10.9. The number of amides is 2. The normalized spacial score (nSPS) is 11.5. The molecule has 3 aromatic rings. The number of aromatic nitrogens is 2. The summed E-state index contributed by atoms with van der Waals surface area (Å²) in [4.78, 5) is 21.3. The molecule has 8 heteroatoms. The van der Waals surface area contributed by atoms with Gasteiger partial charge in [-0.1, -0.05) is 36.4 Å². The smallest absolute Gasteiger partial charge is 0.319 e. The highest BCUT2D eigenvalue weighted by molar-refractivity contribution is 5.91. The number of benzene rings is 2. The summed E-state index contributed by atoms with van der Waals surface area (Å²) in [5.41, 5.74) is 4.07. The van der Waals surface area contributed by atoms with E-state index in [-0.39, 0.29) is 12.1 Å². The number of rotatable bonds is 10. The van der Waals surface area contributed by atoms with E-state index in [1.165, 1.54) is 0 Å². The molecule has 0 spiro atoms. The largest absolute Gasteiger partial charge is 0.495 e. The van der Waals surface area contributed by atoms with Gasteiger partial charge < -0.3 is 25.4 Å². The lowest BCUT2D eigenvalue weighted by molar-refractivity contribution is 0.190. The number of hydrogen-bond acceptors (Lipinski definition) is 6. The van der Waals surface area contributed by atoms with Crippen LogP contribution in [0.2, 0.25) is 0 Å². The maximum Gasteiger partial charge on any atom is 0.319 e. The van der Waals surface area contributed by atoms with Gasteiger partial charge in [0.1, 0.15) is 11.6 Å². The van der Waals surface area contributed by atoms with Crippen LogP contribution in [0.3, 0.4) is 0 Å². The second kappa shape index (κ2) is 11.8. The van der Waals surface area contributed by atoms with Crippen LogP contribution < -0.4 is 20.7 Å². The molecule has 0 bridgehead atoms. The van der Waals surface area contributed by atoms with Gasteiger partial charge in [-0.15, -0.1) is 0 Å². The quantitative estimate of drug-likeness (QED) is 0.412. The highest BCUT2D eigenvalue weighted by atomic mass is 16.5. The summed E-state index contributed by atoms with van der Waals surface area (Å²) >= 11 is 0. The van der Waals surface area contributed by atoms with Gasteiger partial charge in [0.15, 0.2) is 0 Å². The van der Waals surface area contributed by atoms with Crippen molar-refractivity contribution in [1.29, 1.82) is 0 Å². The predicted octanol–water partition coefficient (Wildman–Crippen LogP) is 4.79. The molecule has 8 nitrogen and oxygen atoms in total. The molecule has 1 aromatic heterocycles. The summed E-state index contributed by atoms with van der Waals surface area (Å²) < 4.78 is 10.8. The lowest BCUT2D eigenvalue weighted by atomic mass is 10.0. The molecule has 0 aliphatic carbocycles. The number of ether oxygens (including phenoxy) is 2. The van der Waals surface area contributed by atoms with E-state index in [1.54, 1.807) is 26.5 Å². The molecule has 174 valence electrons. The monoisotopic (exact) mass is 449 g/mol. The van der Waals surface area contributed by atoms with E-state index >= 15 is 0 Å². The Morgan fingerprint density at radius 1 is 1.12 bits per heavy atom. The van der Waals surface area contributed by atoms with Crippen molar-refractivity contribution in [3.63, 3.8) is 0 Å².